The van der Waals surface area contributed by atoms with Crippen molar-refractivity contribution in [2.75, 3.05) is 16.8 Å². The van der Waals surface area contributed by atoms with Gasteiger partial charge in [-0.2, -0.15) is 15.0 Å². The first kappa shape index (κ1) is 10.2. The third-order valence-corrected chi connectivity index (χ3v) is 1.94. The van der Waals surface area contributed by atoms with E-state index in [0.29, 0.717) is 12.4 Å². The predicted molar refractivity (Wildman–Crippen MR) is 62.4 cm³/mol. The maximum atomic E-state index is 5.46. The van der Waals surface area contributed by atoms with E-state index in [4.69, 9.17) is 11.5 Å². The Bertz CT molecular complexity index is 450. The van der Waals surface area contributed by atoms with Gasteiger partial charge in [-0.1, -0.05) is 18.2 Å². The zero-order valence-corrected chi connectivity index (χ0v) is 8.59. The molecule has 0 amide bonds. The molecule has 0 aliphatic rings. The highest BCUT2D eigenvalue weighted by Crippen LogP contribution is 2.07. The highest BCUT2D eigenvalue weighted by atomic mass is 15.1. The first-order valence-corrected chi connectivity index (χ1v) is 4.79. The lowest BCUT2D eigenvalue weighted by atomic mass is 10.3. The summed E-state index contributed by atoms with van der Waals surface area (Å²) in [6.45, 7) is 0.459. The summed E-state index contributed by atoms with van der Waals surface area (Å²) >= 11 is 0. The second kappa shape index (κ2) is 4.43. The van der Waals surface area contributed by atoms with Crippen molar-refractivity contribution in [1.29, 1.82) is 0 Å². The minimum atomic E-state index is 0.136. The van der Waals surface area contributed by atoms with Crippen LogP contribution in [0.3, 0.4) is 0 Å². The van der Waals surface area contributed by atoms with Crippen LogP contribution in [0.5, 0.6) is 0 Å². The number of nitrogen functional groups attached to an aromatic ring is 2. The number of anilines is 3. The molecule has 6 nitrogen and oxygen atoms in total. The molecule has 1 aromatic carbocycles. The van der Waals surface area contributed by atoms with Crippen LogP contribution in [0.15, 0.2) is 30.3 Å². The fraction of sp³-hybridized carbons (Fsp3) is 0.100. The van der Waals surface area contributed by atoms with Crippen LogP contribution >= 0.6 is 0 Å². The Hall–Kier alpha value is -2.37. The summed E-state index contributed by atoms with van der Waals surface area (Å²) in [5.41, 5.74) is 11.9. The fourth-order valence-corrected chi connectivity index (χ4v) is 1.27. The number of rotatable bonds is 3. The largest absolute Gasteiger partial charge is 0.378 e. The van der Waals surface area contributed by atoms with Gasteiger partial charge in [0.1, 0.15) is 0 Å². The van der Waals surface area contributed by atoms with E-state index in [-0.39, 0.29) is 11.9 Å². The van der Waals surface area contributed by atoms with Crippen molar-refractivity contribution in [1.82, 2.24) is 15.0 Å². The second-order valence-corrected chi connectivity index (χ2v) is 3.19. The number of aromatic nitrogens is 3. The number of nitrogens with zero attached hydrogens (tertiary/aromatic N) is 3. The minimum Gasteiger partial charge on any atom is -0.378 e. The molecule has 82 valence electrons. The predicted octanol–water partition coefficient (Wildman–Crippen LogP) is 0.648. The molecule has 0 spiro atoms. The SMILES string of the molecule is Nc1nc(N)nc(CNc2ccccc2)n1. The lowest BCUT2D eigenvalue weighted by Gasteiger charge is -2.05. The van der Waals surface area contributed by atoms with Gasteiger partial charge in [-0.25, -0.2) is 0 Å². The summed E-state index contributed by atoms with van der Waals surface area (Å²) in [5.74, 6) is 0.795. The molecule has 1 aromatic heterocycles. The van der Waals surface area contributed by atoms with Gasteiger partial charge >= 0.3 is 0 Å². The lowest BCUT2D eigenvalue weighted by molar-refractivity contribution is 0.924. The topological polar surface area (TPSA) is 103 Å². The molecule has 0 atom stereocenters. The summed E-state index contributed by atoms with van der Waals surface area (Å²) in [4.78, 5) is 11.6. The van der Waals surface area contributed by atoms with Gasteiger partial charge in [0.2, 0.25) is 11.9 Å². The molecule has 0 saturated carbocycles. The molecule has 16 heavy (non-hydrogen) atoms. The van der Waals surface area contributed by atoms with E-state index < -0.39 is 0 Å². The molecule has 1 heterocycles. The Morgan fingerprint density at radius 3 is 2.19 bits per heavy atom. The van der Waals surface area contributed by atoms with Gasteiger partial charge in [-0.15, -0.1) is 0 Å². The fourth-order valence-electron chi connectivity index (χ4n) is 1.27. The standard InChI is InChI=1S/C10H12N6/c11-9-14-8(15-10(12)16-9)6-13-7-4-2-1-3-5-7/h1-5,13H,6H2,(H4,11,12,14,15,16). The monoisotopic (exact) mass is 216 g/mol. The van der Waals surface area contributed by atoms with E-state index in [1.165, 1.54) is 0 Å². The van der Waals surface area contributed by atoms with Crippen LogP contribution in [-0.2, 0) is 6.54 Å². The highest BCUT2D eigenvalue weighted by molar-refractivity contribution is 5.42. The molecule has 0 fully saturated rings. The van der Waals surface area contributed by atoms with E-state index >= 15 is 0 Å². The zero-order chi connectivity index (χ0) is 11.4. The first-order valence-electron chi connectivity index (χ1n) is 4.79. The molecular weight excluding hydrogens is 204 g/mol. The third-order valence-electron chi connectivity index (χ3n) is 1.94. The van der Waals surface area contributed by atoms with Gasteiger partial charge < -0.3 is 16.8 Å². The van der Waals surface area contributed by atoms with Gasteiger partial charge in [0.25, 0.3) is 0 Å². The van der Waals surface area contributed by atoms with Crippen LogP contribution in [0.25, 0.3) is 0 Å². The molecule has 6 heteroatoms. The van der Waals surface area contributed by atoms with E-state index in [1.807, 2.05) is 30.3 Å². The molecule has 0 aliphatic carbocycles. The van der Waals surface area contributed by atoms with Gasteiger partial charge in [0.05, 0.1) is 6.54 Å². The molecular formula is C10H12N6. The van der Waals surface area contributed by atoms with E-state index in [9.17, 15) is 0 Å². The molecule has 0 aliphatic heterocycles. The van der Waals surface area contributed by atoms with Crippen molar-refractivity contribution in [2.24, 2.45) is 0 Å². The Labute approximate surface area is 92.7 Å². The second-order valence-electron chi connectivity index (χ2n) is 3.19. The average molecular weight is 216 g/mol. The van der Waals surface area contributed by atoms with Gasteiger partial charge in [-0.3, -0.25) is 0 Å². The first-order chi connectivity index (χ1) is 7.74. The van der Waals surface area contributed by atoms with E-state index in [2.05, 4.69) is 20.3 Å². The Morgan fingerprint density at radius 1 is 0.938 bits per heavy atom. The minimum absolute atomic E-state index is 0.136. The Balaban J connectivity index is 2.05. The van der Waals surface area contributed by atoms with E-state index in [1.54, 1.807) is 0 Å². The van der Waals surface area contributed by atoms with Crippen molar-refractivity contribution in [3.8, 4) is 0 Å². The number of nitrogens with two attached hydrogens (primary N) is 2. The van der Waals surface area contributed by atoms with Crippen molar-refractivity contribution in [3.63, 3.8) is 0 Å². The Kier molecular flexibility index (Phi) is 2.81. The smallest absolute Gasteiger partial charge is 0.225 e. The average Bonchev–Trinajstić information content (AvgIpc) is 2.27. The third kappa shape index (κ3) is 2.57. The molecule has 5 N–H and O–H groups in total. The van der Waals surface area contributed by atoms with Crippen molar-refractivity contribution in [2.45, 2.75) is 6.54 Å². The summed E-state index contributed by atoms with van der Waals surface area (Å²) in [5, 5.41) is 3.15. The van der Waals surface area contributed by atoms with E-state index in [0.717, 1.165) is 5.69 Å². The number of hydrogen-bond donors (Lipinski definition) is 3. The van der Waals surface area contributed by atoms with Crippen molar-refractivity contribution >= 4 is 17.6 Å². The van der Waals surface area contributed by atoms with Crippen LogP contribution in [0.1, 0.15) is 5.82 Å². The summed E-state index contributed by atoms with van der Waals surface area (Å²) < 4.78 is 0. The number of hydrogen-bond acceptors (Lipinski definition) is 6. The van der Waals surface area contributed by atoms with Crippen LogP contribution in [0.4, 0.5) is 17.6 Å². The molecule has 2 rings (SSSR count). The number of para-hydroxylation sites is 1. The van der Waals surface area contributed by atoms with Crippen LogP contribution in [0, 0.1) is 0 Å². The molecule has 0 saturated heterocycles. The highest BCUT2D eigenvalue weighted by Gasteiger charge is 2.01. The number of benzene rings is 1. The molecule has 2 aromatic rings. The lowest BCUT2D eigenvalue weighted by Crippen LogP contribution is -2.10. The summed E-state index contributed by atoms with van der Waals surface area (Å²) in [6.07, 6.45) is 0. The molecule has 0 unspecified atom stereocenters. The van der Waals surface area contributed by atoms with Gasteiger partial charge in [-0.05, 0) is 12.1 Å². The van der Waals surface area contributed by atoms with Crippen LogP contribution in [0.2, 0.25) is 0 Å². The maximum absolute atomic E-state index is 5.46. The zero-order valence-electron chi connectivity index (χ0n) is 8.59. The van der Waals surface area contributed by atoms with Gasteiger partial charge in [0, 0.05) is 5.69 Å². The summed E-state index contributed by atoms with van der Waals surface area (Å²) in [7, 11) is 0. The van der Waals surface area contributed by atoms with Gasteiger partial charge in [0.15, 0.2) is 5.82 Å². The number of nitrogens with one attached hydrogen (secondary N) is 1. The Morgan fingerprint density at radius 2 is 1.56 bits per heavy atom. The quantitative estimate of drug-likeness (QED) is 0.696. The van der Waals surface area contributed by atoms with Crippen molar-refractivity contribution < 1.29 is 0 Å². The molecule has 0 radical (unpaired) electrons. The molecule has 0 bridgehead atoms. The van der Waals surface area contributed by atoms with Crippen molar-refractivity contribution in [3.05, 3.63) is 36.2 Å². The van der Waals surface area contributed by atoms with Crippen LogP contribution in [-0.4, -0.2) is 15.0 Å². The summed E-state index contributed by atoms with van der Waals surface area (Å²) in [6, 6.07) is 9.74. The van der Waals surface area contributed by atoms with Crippen LogP contribution < -0.4 is 16.8 Å². The normalized spacial score (nSPS) is 10.0. The maximum Gasteiger partial charge on any atom is 0.225 e.